The van der Waals surface area contributed by atoms with Crippen molar-refractivity contribution in [1.29, 1.82) is 0 Å². The van der Waals surface area contributed by atoms with Crippen LogP contribution in [0, 0.1) is 0 Å². The van der Waals surface area contributed by atoms with Crippen LogP contribution in [0.25, 0.3) is 39.1 Å². The fraction of sp³-hybridized carbons (Fsp3) is 0.0256. The average Bonchev–Trinajstić information content (AvgIpc) is 3.35. The van der Waals surface area contributed by atoms with E-state index in [-0.39, 0.29) is 0 Å². The molecule has 7 aromatic rings. The van der Waals surface area contributed by atoms with Gasteiger partial charge in [0.25, 0.3) is 0 Å². The van der Waals surface area contributed by atoms with Gasteiger partial charge in [0, 0.05) is 16.5 Å². The zero-order valence-electron chi connectivity index (χ0n) is 22.2. The van der Waals surface area contributed by atoms with Crippen molar-refractivity contribution in [3.8, 4) is 5.69 Å². The lowest BCUT2D eigenvalue weighted by atomic mass is 9.96. The third-order valence-electron chi connectivity index (χ3n) is 7.62. The van der Waals surface area contributed by atoms with Crippen molar-refractivity contribution in [3.63, 3.8) is 0 Å². The second-order valence-electron chi connectivity index (χ2n) is 10.2. The number of fused-ring (bicyclic) bond motifs is 3. The lowest BCUT2D eigenvalue weighted by Gasteiger charge is -2.11. The Hall–Kier alpha value is -5.14. The first-order valence-electron chi connectivity index (χ1n) is 13.8. The molecule has 0 spiro atoms. The van der Waals surface area contributed by atoms with Crippen LogP contribution in [0.15, 0.2) is 158 Å². The van der Waals surface area contributed by atoms with Gasteiger partial charge in [0.15, 0.2) is 0 Å². The van der Waals surface area contributed by atoms with E-state index in [1.807, 2.05) is 0 Å². The van der Waals surface area contributed by atoms with E-state index >= 15 is 0 Å². The Morgan fingerprint density at radius 3 is 1.73 bits per heavy atom. The van der Waals surface area contributed by atoms with Gasteiger partial charge in [0.05, 0.1) is 11.0 Å². The Morgan fingerprint density at radius 1 is 0.475 bits per heavy atom. The van der Waals surface area contributed by atoms with E-state index in [1.165, 1.54) is 60.9 Å². The van der Waals surface area contributed by atoms with E-state index in [0.717, 1.165) is 6.42 Å². The summed E-state index contributed by atoms with van der Waals surface area (Å²) < 4.78 is 2.39. The van der Waals surface area contributed by atoms with Gasteiger partial charge in [0.1, 0.15) is 0 Å². The summed E-state index contributed by atoms with van der Waals surface area (Å²) in [7, 11) is 0. The van der Waals surface area contributed by atoms with Crippen LogP contribution in [0.5, 0.6) is 0 Å². The van der Waals surface area contributed by atoms with Gasteiger partial charge in [-0.05, 0) is 76.2 Å². The molecule has 0 N–H and O–H groups in total. The molecule has 0 aliphatic rings. The van der Waals surface area contributed by atoms with Gasteiger partial charge in [0.2, 0.25) is 0 Å². The van der Waals surface area contributed by atoms with E-state index in [2.05, 4.69) is 168 Å². The highest BCUT2D eigenvalue weighted by molar-refractivity contribution is 6.09. The third-order valence-corrected chi connectivity index (χ3v) is 7.62. The molecule has 1 aromatic heterocycles. The number of hydrogen-bond donors (Lipinski definition) is 0. The molecule has 0 saturated carbocycles. The molecule has 190 valence electrons. The Morgan fingerprint density at radius 2 is 1.05 bits per heavy atom. The van der Waals surface area contributed by atoms with Gasteiger partial charge in [-0.25, -0.2) is 0 Å². The van der Waals surface area contributed by atoms with Crippen LogP contribution in [0.4, 0.5) is 0 Å². The molecular weight excluding hydrogens is 482 g/mol. The fourth-order valence-electron chi connectivity index (χ4n) is 5.69. The Kier molecular flexibility index (Phi) is 6.32. The molecule has 1 heterocycles. The molecule has 0 radical (unpaired) electrons. The summed E-state index contributed by atoms with van der Waals surface area (Å²) in [5.74, 6) is 0. The van der Waals surface area contributed by atoms with Gasteiger partial charge in [-0.3, -0.25) is 0 Å². The standard InChI is InChI=1S/C39H29N/c1-4-12-29(13-5-1)26-31-22-25-39-37(28-31)35-18-10-11-19-38(35)40(39)34-23-20-30(21-24-34)27-36(32-14-6-2-7-15-32)33-16-8-3-9-17-33/h1-25,27-28H,26H2. The van der Waals surface area contributed by atoms with Crippen molar-refractivity contribution in [2.24, 2.45) is 0 Å². The number of aromatic nitrogens is 1. The highest BCUT2D eigenvalue weighted by atomic mass is 15.0. The number of benzene rings is 6. The summed E-state index contributed by atoms with van der Waals surface area (Å²) in [4.78, 5) is 0. The lowest BCUT2D eigenvalue weighted by molar-refractivity contribution is 1.17. The second-order valence-corrected chi connectivity index (χ2v) is 10.2. The summed E-state index contributed by atoms with van der Waals surface area (Å²) >= 11 is 0. The minimum absolute atomic E-state index is 0.933. The molecule has 0 fully saturated rings. The molecular formula is C39H29N. The highest BCUT2D eigenvalue weighted by Crippen LogP contribution is 2.33. The average molecular weight is 512 g/mol. The molecule has 0 amide bonds. The topological polar surface area (TPSA) is 4.93 Å². The molecule has 40 heavy (non-hydrogen) atoms. The van der Waals surface area contributed by atoms with E-state index in [1.54, 1.807) is 0 Å². The minimum atomic E-state index is 0.933. The van der Waals surface area contributed by atoms with Gasteiger partial charge in [-0.15, -0.1) is 0 Å². The SMILES string of the molecule is C(=C(c1ccccc1)c1ccccc1)c1ccc(-n2c3ccccc3c3cc(Cc4ccccc4)ccc32)cc1. The highest BCUT2D eigenvalue weighted by Gasteiger charge is 2.13. The summed E-state index contributed by atoms with van der Waals surface area (Å²) in [5.41, 5.74) is 11.1. The first-order chi connectivity index (χ1) is 19.8. The predicted octanol–water partition coefficient (Wildman–Crippen LogP) is 9.96. The van der Waals surface area contributed by atoms with E-state index in [4.69, 9.17) is 0 Å². The summed E-state index contributed by atoms with van der Waals surface area (Å²) in [6.07, 6.45) is 3.22. The smallest absolute Gasteiger partial charge is 0.0541 e. The quantitative estimate of drug-likeness (QED) is 0.196. The Labute approximate surface area is 235 Å². The van der Waals surface area contributed by atoms with Gasteiger partial charge in [-0.1, -0.05) is 127 Å². The molecule has 0 bridgehead atoms. The minimum Gasteiger partial charge on any atom is -0.309 e. The largest absolute Gasteiger partial charge is 0.309 e. The van der Waals surface area contributed by atoms with Crippen LogP contribution in [0.2, 0.25) is 0 Å². The Balaban J connectivity index is 1.30. The third kappa shape index (κ3) is 4.63. The van der Waals surface area contributed by atoms with E-state index < -0.39 is 0 Å². The summed E-state index contributed by atoms with van der Waals surface area (Å²) in [5, 5.41) is 2.58. The van der Waals surface area contributed by atoms with Crippen LogP contribution in [0.1, 0.15) is 27.8 Å². The molecule has 0 unspecified atom stereocenters. The summed E-state index contributed by atoms with van der Waals surface area (Å²) in [6, 6.07) is 56.5. The van der Waals surface area contributed by atoms with Crippen molar-refractivity contribution in [2.45, 2.75) is 6.42 Å². The molecule has 1 nitrogen and oxygen atoms in total. The molecule has 0 atom stereocenters. The zero-order chi connectivity index (χ0) is 26.7. The maximum atomic E-state index is 2.39. The molecule has 0 aliphatic heterocycles. The molecule has 6 aromatic carbocycles. The van der Waals surface area contributed by atoms with Gasteiger partial charge < -0.3 is 4.57 Å². The maximum Gasteiger partial charge on any atom is 0.0541 e. The van der Waals surface area contributed by atoms with Crippen molar-refractivity contribution < 1.29 is 0 Å². The number of para-hydroxylation sites is 1. The van der Waals surface area contributed by atoms with Crippen LogP contribution in [-0.4, -0.2) is 4.57 Å². The monoisotopic (exact) mass is 511 g/mol. The number of hydrogen-bond acceptors (Lipinski definition) is 0. The first kappa shape index (κ1) is 23.9. The molecule has 0 aliphatic carbocycles. The van der Waals surface area contributed by atoms with Gasteiger partial charge in [-0.2, -0.15) is 0 Å². The number of rotatable bonds is 6. The molecule has 7 rings (SSSR count). The molecule has 1 heteroatoms. The second kappa shape index (κ2) is 10.6. The normalized spacial score (nSPS) is 11.1. The van der Waals surface area contributed by atoms with Gasteiger partial charge >= 0.3 is 0 Å². The van der Waals surface area contributed by atoms with Crippen molar-refractivity contribution in [3.05, 3.63) is 186 Å². The fourth-order valence-corrected chi connectivity index (χ4v) is 5.69. The van der Waals surface area contributed by atoms with Crippen molar-refractivity contribution >= 4 is 33.5 Å². The molecule has 0 saturated heterocycles. The number of nitrogens with zero attached hydrogens (tertiary/aromatic N) is 1. The zero-order valence-corrected chi connectivity index (χ0v) is 22.2. The van der Waals surface area contributed by atoms with Crippen LogP contribution >= 0.6 is 0 Å². The maximum absolute atomic E-state index is 2.39. The van der Waals surface area contributed by atoms with Crippen LogP contribution in [-0.2, 0) is 6.42 Å². The van der Waals surface area contributed by atoms with Crippen LogP contribution < -0.4 is 0 Å². The summed E-state index contributed by atoms with van der Waals surface area (Å²) in [6.45, 7) is 0. The van der Waals surface area contributed by atoms with Crippen molar-refractivity contribution in [2.75, 3.05) is 0 Å². The Bertz CT molecular complexity index is 1890. The van der Waals surface area contributed by atoms with E-state index in [9.17, 15) is 0 Å². The van der Waals surface area contributed by atoms with E-state index in [0.29, 0.717) is 0 Å². The lowest BCUT2D eigenvalue weighted by Crippen LogP contribution is -1.94. The first-order valence-corrected chi connectivity index (χ1v) is 13.8. The predicted molar refractivity (Wildman–Crippen MR) is 170 cm³/mol. The van der Waals surface area contributed by atoms with Crippen LogP contribution in [0.3, 0.4) is 0 Å². The van der Waals surface area contributed by atoms with Crippen molar-refractivity contribution in [1.82, 2.24) is 4.57 Å².